The molecule has 3 unspecified atom stereocenters. The molecule has 1 fully saturated rings. The van der Waals surface area contributed by atoms with Crippen LogP contribution in [0.2, 0.25) is 0 Å². The van der Waals surface area contributed by atoms with Crippen molar-refractivity contribution in [2.24, 2.45) is 20.5 Å². The number of esters is 7. The summed E-state index contributed by atoms with van der Waals surface area (Å²) in [6.45, 7) is 0.439. The Labute approximate surface area is 770 Å². The van der Waals surface area contributed by atoms with Gasteiger partial charge in [0.15, 0.2) is 23.4 Å². The maximum atomic E-state index is 11.9. The minimum Gasteiger partial charge on any atom is -0.474 e. The molecule has 728 valence electrons. The molecular weight excluding hydrogens is 1790 g/mol. The molecule has 4 aromatic carbocycles. The number of ether oxygens (including phenoxy) is 16. The van der Waals surface area contributed by atoms with Gasteiger partial charge in [0.05, 0.1) is 30.4 Å². The van der Waals surface area contributed by atoms with Crippen molar-refractivity contribution >= 4 is 118 Å². The summed E-state index contributed by atoms with van der Waals surface area (Å²) in [5.74, 6) is 5.00. The average molecular weight is 1890 g/mol. The number of rotatable bonds is 38. The van der Waals surface area contributed by atoms with E-state index in [0.717, 1.165) is 47.9 Å². The molecule has 9 amide bonds. The molecule has 0 spiro atoms. The highest BCUT2D eigenvalue weighted by atomic mass is 16.7. The van der Waals surface area contributed by atoms with Crippen LogP contribution in [0.15, 0.2) is 137 Å². The van der Waals surface area contributed by atoms with Crippen LogP contribution in [-0.2, 0) is 106 Å². The molecule has 2 aliphatic heterocycles. The van der Waals surface area contributed by atoms with Gasteiger partial charge in [-0.1, -0.05) is 83.4 Å². The molecule has 0 radical (unpaired) electrons. The lowest BCUT2D eigenvalue weighted by Gasteiger charge is -2.21. The summed E-state index contributed by atoms with van der Waals surface area (Å²) in [6.07, 6.45) is 8.10. The van der Waals surface area contributed by atoms with E-state index in [2.05, 4.69) is 148 Å². The minimum atomic E-state index is -0.779. The van der Waals surface area contributed by atoms with Crippen molar-refractivity contribution in [3.8, 4) is 29.9 Å². The van der Waals surface area contributed by atoms with Crippen LogP contribution in [0.4, 0.5) is 44.0 Å². The Morgan fingerprint density at radius 2 is 0.985 bits per heavy atom. The van der Waals surface area contributed by atoms with Gasteiger partial charge in [-0.15, -0.1) is 12.3 Å². The van der Waals surface area contributed by atoms with Crippen LogP contribution >= 0.6 is 0 Å². The second kappa shape index (κ2) is 65.7. The van der Waals surface area contributed by atoms with Gasteiger partial charge in [-0.2, -0.15) is 10.2 Å². The zero-order chi connectivity index (χ0) is 99.6. The van der Waals surface area contributed by atoms with E-state index in [1.165, 1.54) is 85.9 Å². The molecule has 51 heteroatoms. The molecule has 1 aliphatic carbocycles. The Morgan fingerprint density at radius 3 is 1.48 bits per heavy atom. The maximum Gasteiger partial charge on any atom is 0.409 e. The molecule has 4 heterocycles. The average Bonchev–Trinajstić information content (AvgIpc) is 1.72. The first kappa shape index (κ1) is 112. The Bertz CT molecular complexity index is 5210. The Hall–Kier alpha value is -16.8. The van der Waals surface area contributed by atoms with Crippen LogP contribution in [0.25, 0.3) is 42.8 Å². The smallest absolute Gasteiger partial charge is 0.409 e. The van der Waals surface area contributed by atoms with E-state index in [0.29, 0.717) is 60.7 Å². The minimum absolute atomic E-state index is 0.107. The Balaban J connectivity index is 0.000000411. The van der Waals surface area contributed by atoms with Gasteiger partial charge < -0.3 is 132 Å². The van der Waals surface area contributed by atoms with Crippen molar-refractivity contribution < 1.29 is 157 Å². The van der Waals surface area contributed by atoms with E-state index in [1.807, 2.05) is 62.4 Å². The maximum absolute atomic E-state index is 11.9. The van der Waals surface area contributed by atoms with Gasteiger partial charge >= 0.3 is 96.1 Å². The SMILES string of the molecule is C#CCCC(=O)OCOC(=O)NC.CNC(=O)OCOC(=O)CCC1(C)N=N1.CNC(=O)OCOC(=O)CCCCC1NC(=O)NC1C.CNC(=O)OCOC(=O)CCCCCN=[N+]=[N-].CNC(=O)OCOC(=O)COC1Cc2ccccc2C#Cc2ccccc21.CNC(=O)OCOC(=O)COc1c2occc2cc2ccc(=O)oc12.CNC(=O)OCOC(=O)c1ccc(N=[N+]=[N-])cc1. The molecule has 6 aromatic rings. The predicted octanol–water partition coefficient (Wildman–Crippen LogP) is 9.68. The number of nitrogens with zero attached hydrogens (tertiary/aromatic N) is 8. The fourth-order valence-electron chi connectivity index (χ4n) is 10.0. The van der Waals surface area contributed by atoms with Crippen molar-refractivity contribution in [1.82, 2.24) is 47.9 Å². The number of furan rings is 1. The van der Waals surface area contributed by atoms with E-state index in [-0.39, 0.29) is 101 Å². The number of carbonyl (C=O) groups is 15. The molecular formula is C84H103N17O34. The van der Waals surface area contributed by atoms with E-state index in [9.17, 15) is 76.7 Å². The molecule has 3 aliphatic rings. The first-order chi connectivity index (χ1) is 64.9. The molecule has 9 N–H and O–H groups in total. The number of unbranched alkanes of at least 4 members (excludes halogenated alkanes) is 3. The van der Waals surface area contributed by atoms with E-state index >= 15 is 0 Å². The molecule has 3 atom stereocenters. The van der Waals surface area contributed by atoms with Crippen LogP contribution in [0, 0.1) is 24.2 Å². The zero-order valence-corrected chi connectivity index (χ0v) is 74.8. The number of hydrogen-bond acceptors (Lipinski definition) is 38. The number of azide groups is 2. The number of alkyl carbamates (subject to hydrolysis) is 7. The van der Waals surface area contributed by atoms with Crippen LogP contribution in [-0.4, -0.2) is 225 Å². The summed E-state index contributed by atoms with van der Waals surface area (Å²) >= 11 is 0. The third-order valence-corrected chi connectivity index (χ3v) is 17.0. The lowest BCUT2D eigenvalue weighted by atomic mass is 9.92. The Morgan fingerprint density at radius 1 is 0.519 bits per heavy atom. The number of terminal acetylenes is 1. The van der Waals surface area contributed by atoms with Gasteiger partial charge in [0, 0.05) is 144 Å². The van der Waals surface area contributed by atoms with Crippen molar-refractivity contribution in [3.63, 3.8) is 0 Å². The van der Waals surface area contributed by atoms with Gasteiger partial charge in [0.25, 0.3) is 0 Å². The molecule has 51 nitrogen and oxygen atoms in total. The van der Waals surface area contributed by atoms with Gasteiger partial charge in [-0.05, 0) is 104 Å². The number of nitrogens with one attached hydrogen (secondary N) is 9. The lowest BCUT2D eigenvalue weighted by Crippen LogP contribution is -2.30. The zero-order valence-electron chi connectivity index (χ0n) is 74.8. The number of urea groups is 1. The number of fused-ring (bicyclic) bond motifs is 4. The summed E-state index contributed by atoms with van der Waals surface area (Å²) in [5.41, 5.74) is 20.2. The summed E-state index contributed by atoms with van der Waals surface area (Å²) in [6, 6.07) is 27.8. The first-order valence-corrected chi connectivity index (χ1v) is 40.4. The highest BCUT2D eigenvalue weighted by Gasteiger charge is 2.34. The van der Waals surface area contributed by atoms with Crippen molar-refractivity contribution in [2.45, 2.75) is 121 Å². The second-order valence-corrected chi connectivity index (χ2v) is 26.5. The van der Waals surface area contributed by atoms with Crippen molar-refractivity contribution in [2.75, 3.05) is 117 Å². The molecule has 135 heavy (non-hydrogen) atoms. The summed E-state index contributed by atoms with van der Waals surface area (Å²) in [5, 5.41) is 36.7. The molecule has 0 bridgehead atoms. The molecule has 2 aromatic heterocycles. The number of amides is 9. The monoisotopic (exact) mass is 1890 g/mol. The highest BCUT2D eigenvalue weighted by molar-refractivity contribution is 6.00. The van der Waals surface area contributed by atoms with Crippen LogP contribution < -0.4 is 58.2 Å². The van der Waals surface area contributed by atoms with E-state index in [1.54, 1.807) is 18.2 Å². The highest BCUT2D eigenvalue weighted by Crippen LogP contribution is 2.36. The summed E-state index contributed by atoms with van der Waals surface area (Å²) in [7, 11) is 9.83. The third kappa shape index (κ3) is 49.0. The predicted molar refractivity (Wildman–Crippen MR) is 466 cm³/mol. The van der Waals surface area contributed by atoms with Crippen LogP contribution in [0.1, 0.15) is 130 Å². The third-order valence-electron chi connectivity index (χ3n) is 17.0. The van der Waals surface area contributed by atoms with E-state index < -0.39 is 123 Å². The number of hydrogen-bond donors (Lipinski definition) is 9. The standard InChI is InChI=1S/C21H19NO5.C16H13NO8.C12H21N3O5.C10H10N4O4.C9H16N4O4.C8H13N3O4.C8H11NO4/c1-22-21(24)27-14-26-20(23)13-25-19-12-17-8-3-2-6-15(17)10-11-16-7-4-5-9-18(16)19;1-17-16(20)24-8-23-12(19)7-22-15-13-10(4-5-21-13)6-9-2-3-11(18)25-14(9)15;1-8-9(15-11(17)14-8)5-3-4-6-10(16)19-7-20-12(18)13-2;1-12-10(16)18-6-17-9(15)7-2-4-8(5-3-7)13-14-11;1-11-9(15)17-7-16-8(14)5-3-2-4-6-12-13-10;1-8(10-11-8)4-3-6(12)14-5-15-7(13)9-2;1-3-4-5-7(10)12-6-13-8(11)9-2/h2-9,19H,12-14H2,1H3,(H,22,24);2-6H,7-8H2,1H3,(H,17,20);8-9H,3-7H2,1-2H3,(H,13,18)(H2,14,15,17);2-5H,6H2,1H3,(H,12,16);2-7H2,1H3,(H,11,15);3-5H2,1-2H3,(H,9,13);1H,4-6H2,2H3,(H,9,11). The number of benzene rings is 4. The van der Waals surface area contributed by atoms with Crippen molar-refractivity contribution in [1.29, 1.82) is 0 Å². The van der Waals surface area contributed by atoms with E-state index in [4.69, 9.17) is 50.0 Å². The molecule has 1 saturated heterocycles. The molecule has 0 saturated carbocycles. The van der Waals surface area contributed by atoms with Gasteiger partial charge in [-0.3, -0.25) is 19.2 Å². The first-order valence-electron chi connectivity index (χ1n) is 40.4. The second-order valence-electron chi connectivity index (χ2n) is 26.5. The topological polar surface area (TPSA) is 678 Å². The fraction of sp³-hybridized carbons (Fsp3) is 0.429. The lowest BCUT2D eigenvalue weighted by molar-refractivity contribution is -0.159. The fourth-order valence-corrected chi connectivity index (χ4v) is 10.0. The van der Waals surface area contributed by atoms with Crippen LogP contribution in [0.5, 0.6) is 5.75 Å². The summed E-state index contributed by atoms with van der Waals surface area (Å²) < 4.78 is 86.0. The van der Waals surface area contributed by atoms with Gasteiger partial charge in [-0.25, -0.2) is 57.5 Å². The van der Waals surface area contributed by atoms with Crippen LogP contribution in [0.3, 0.4) is 0 Å². The number of carbonyl (C=O) groups excluding carboxylic acids is 15. The van der Waals surface area contributed by atoms with Crippen molar-refractivity contribution in [3.05, 3.63) is 162 Å². The van der Waals surface area contributed by atoms with Gasteiger partial charge in [0.2, 0.25) is 53.3 Å². The quantitative estimate of drug-likeness (QED) is 0.00200. The largest absolute Gasteiger partial charge is 0.474 e. The normalized spacial score (nSPS) is 12.8. The van der Waals surface area contributed by atoms with Gasteiger partial charge in [0.1, 0.15) is 6.61 Å². The summed E-state index contributed by atoms with van der Waals surface area (Å²) in [4.78, 5) is 182. The Kier molecular flexibility index (Phi) is 54.7. The molecule has 9 rings (SSSR count).